The Balaban J connectivity index is 2.01. The molecule has 0 spiro atoms. The molecule has 2 fully saturated rings. The maximum absolute atomic E-state index is 12.4. The zero-order valence-electron chi connectivity index (χ0n) is 13.9. The van der Waals surface area contributed by atoms with E-state index < -0.39 is 0 Å². The predicted molar refractivity (Wildman–Crippen MR) is 87.3 cm³/mol. The third kappa shape index (κ3) is 4.46. The molecule has 0 aliphatic carbocycles. The Morgan fingerprint density at radius 2 is 1.86 bits per heavy atom. The van der Waals surface area contributed by atoms with Crippen molar-refractivity contribution in [3.63, 3.8) is 0 Å². The lowest BCUT2D eigenvalue weighted by atomic mass is 9.79. The summed E-state index contributed by atoms with van der Waals surface area (Å²) in [7, 11) is 0. The maximum Gasteiger partial charge on any atom is 0.223 e. The Bertz CT molecular complexity index is 418. The van der Waals surface area contributed by atoms with Crippen molar-refractivity contribution in [2.45, 2.75) is 71.0 Å². The van der Waals surface area contributed by atoms with E-state index in [4.69, 9.17) is 0 Å². The lowest BCUT2D eigenvalue weighted by Gasteiger charge is -2.49. The summed E-state index contributed by atoms with van der Waals surface area (Å²) in [5.41, 5.74) is 0.109. The van der Waals surface area contributed by atoms with Gasteiger partial charge in [0.05, 0.1) is 0 Å². The zero-order valence-corrected chi connectivity index (χ0v) is 14.7. The van der Waals surface area contributed by atoms with Gasteiger partial charge in [0.15, 0.2) is 5.12 Å². The summed E-state index contributed by atoms with van der Waals surface area (Å²) in [6.07, 6.45) is 2.59. The van der Waals surface area contributed by atoms with Gasteiger partial charge in [-0.1, -0.05) is 11.8 Å². The second-order valence-electron chi connectivity index (χ2n) is 7.87. The van der Waals surface area contributed by atoms with Gasteiger partial charge in [-0.25, -0.2) is 0 Å². The monoisotopic (exact) mass is 312 g/mol. The molecule has 0 radical (unpaired) electrons. The van der Waals surface area contributed by atoms with Crippen LogP contribution in [0.5, 0.6) is 0 Å². The lowest BCUT2D eigenvalue weighted by Crippen LogP contribution is -2.62. The van der Waals surface area contributed by atoms with Gasteiger partial charge in [-0.15, -0.1) is 0 Å². The normalized spacial score (nSPS) is 28.9. The van der Waals surface area contributed by atoms with Crippen LogP contribution in [0.3, 0.4) is 0 Å². The Morgan fingerprint density at radius 1 is 1.29 bits per heavy atom. The van der Waals surface area contributed by atoms with Crippen molar-refractivity contribution >= 4 is 22.8 Å². The van der Waals surface area contributed by atoms with Gasteiger partial charge >= 0.3 is 0 Å². The molecule has 0 aromatic heterocycles. The van der Waals surface area contributed by atoms with Gasteiger partial charge in [0.1, 0.15) is 0 Å². The van der Waals surface area contributed by atoms with Crippen LogP contribution in [0.15, 0.2) is 0 Å². The van der Waals surface area contributed by atoms with Crippen LogP contribution in [0.1, 0.15) is 53.9 Å². The molecule has 21 heavy (non-hydrogen) atoms. The number of carbonyl (C=O) groups excluding carboxylic acids is 2. The van der Waals surface area contributed by atoms with Gasteiger partial charge < -0.3 is 10.2 Å². The van der Waals surface area contributed by atoms with Gasteiger partial charge in [0, 0.05) is 42.8 Å². The molecule has 5 heteroatoms. The Labute approximate surface area is 132 Å². The van der Waals surface area contributed by atoms with E-state index in [9.17, 15) is 9.59 Å². The number of piperidine rings is 1. The molecule has 4 nitrogen and oxygen atoms in total. The average molecular weight is 312 g/mol. The van der Waals surface area contributed by atoms with Crippen LogP contribution in [0, 0.1) is 5.92 Å². The molecule has 0 bridgehead atoms. The van der Waals surface area contributed by atoms with Gasteiger partial charge in [-0.05, 0) is 46.5 Å². The number of carbonyl (C=O) groups is 2. The van der Waals surface area contributed by atoms with Gasteiger partial charge in [0.2, 0.25) is 5.91 Å². The minimum absolute atomic E-state index is 0.0545. The molecule has 120 valence electrons. The van der Waals surface area contributed by atoms with Crippen molar-refractivity contribution in [1.29, 1.82) is 0 Å². The van der Waals surface area contributed by atoms with Crippen molar-refractivity contribution in [2.75, 3.05) is 12.3 Å². The van der Waals surface area contributed by atoms with E-state index in [2.05, 4.69) is 37.9 Å². The van der Waals surface area contributed by atoms with E-state index in [1.807, 2.05) is 0 Å². The molecule has 0 aromatic rings. The minimum atomic E-state index is 0.0545. The fourth-order valence-corrected chi connectivity index (χ4v) is 4.69. The van der Waals surface area contributed by atoms with E-state index in [0.717, 1.165) is 25.1 Å². The molecule has 0 saturated carbocycles. The minimum Gasteiger partial charge on any atom is -0.339 e. The SMILES string of the molecule is CC(=O)SCC1CC(=O)N(C2CC(C)(C)NC(C)(C)C2)C1. The summed E-state index contributed by atoms with van der Waals surface area (Å²) >= 11 is 1.35. The first-order chi connectivity index (χ1) is 9.58. The predicted octanol–water partition coefficient (Wildman–Crippen LogP) is 2.42. The summed E-state index contributed by atoms with van der Waals surface area (Å²) in [4.78, 5) is 25.5. The van der Waals surface area contributed by atoms with E-state index in [1.165, 1.54) is 11.8 Å². The molecule has 1 atom stereocenters. The number of likely N-dealkylation sites (tertiary alicyclic amines) is 1. The number of nitrogens with zero attached hydrogens (tertiary/aromatic N) is 1. The van der Waals surface area contributed by atoms with Gasteiger partial charge in [-0.3, -0.25) is 9.59 Å². The van der Waals surface area contributed by atoms with Crippen LogP contribution in [-0.4, -0.2) is 45.3 Å². The van der Waals surface area contributed by atoms with Crippen LogP contribution < -0.4 is 5.32 Å². The molecule has 2 heterocycles. The lowest BCUT2D eigenvalue weighted by molar-refractivity contribution is -0.131. The number of nitrogens with one attached hydrogen (secondary N) is 1. The first kappa shape index (κ1) is 16.8. The molecule has 2 rings (SSSR count). The first-order valence-electron chi connectivity index (χ1n) is 7.80. The maximum atomic E-state index is 12.4. The van der Waals surface area contributed by atoms with Gasteiger partial charge in [0.25, 0.3) is 0 Å². The molecular formula is C16H28N2O2S. The van der Waals surface area contributed by atoms with Crippen LogP contribution in [0.4, 0.5) is 0 Å². The molecule has 2 saturated heterocycles. The number of rotatable bonds is 3. The summed E-state index contributed by atoms with van der Waals surface area (Å²) in [5, 5.41) is 3.81. The number of thioether (sulfide) groups is 1. The van der Waals surface area contributed by atoms with Crippen LogP contribution in [0.2, 0.25) is 0 Å². The van der Waals surface area contributed by atoms with Crippen molar-refractivity contribution in [2.24, 2.45) is 5.92 Å². The highest BCUT2D eigenvalue weighted by molar-refractivity contribution is 8.13. The topological polar surface area (TPSA) is 49.4 Å². The molecule has 1 N–H and O–H groups in total. The third-order valence-electron chi connectivity index (χ3n) is 4.37. The number of hydrogen-bond donors (Lipinski definition) is 1. The smallest absolute Gasteiger partial charge is 0.223 e. The van der Waals surface area contributed by atoms with Crippen molar-refractivity contribution in [1.82, 2.24) is 10.2 Å². The Hall–Kier alpha value is -0.550. The fourth-order valence-electron chi connectivity index (χ4n) is 4.00. The van der Waals surface area contributed by atoms with Crippen molar-refractivity contribution < 1.29 is 9.59 Å². The summed E-state index contributed by atoms with van der Waals surface area (Å²) in [6, 6.07) is 0.316. The highest BCUT2D eigenvalue weighted by atomic mass is 32.2. The molecule has 1 amide bonds. The van der Waals surface area contributed by atoms with Crippen LogP contribution in [0.25, 0.3) is 0 Å². The second-order valence-corrected chi connectivity index (χ2v) is 9.07. The quantitative estimate of drug-likeness (QED) is 0.869. The van der Waals surface area contributed by atoms with Gasteiger partial charge in [-0.2, -0.15) is 0 Å². The zero-order chi connectivity index (χ0) is 15.8. The molecular weight excluding hydrogens is 284 g/mol. The number of amides is 1. The summed E-state index contributed by atoms with van der Waals surface area (Å²) in [5.74, 6) is 1.37. The summed E-state index contributed by atoms with van der Waals surface area (Å²) in [6.45, 7) is 11.3. The molecule has 2 aliphatic heterocycles. The van der Waals surface area contributed by atoms with E-state index in [1.54, 1.807) is 6.92 Å². The van der Waals surface area contributed by atoms with Crippen molar-refractivity contribution in [3.8, 4) is 0 Å². The van der Waals surface area contributed by atoms with E-state index in [-0.39, 0.29) is 22.1 Å². The first-order valence-corrected chi connectivity index (χ1v) is 8.79. The van der Waals surface area contributed by atoms with Crippen LogP contribution in [-0.2, 0) is 9.59 Å². The Morgan fingerprint density at radius 3 is 2.38 bits per heavy atom. The van der Waals surface area contributed by atoms with Crippen LogP contribution >= 0.6 is 11.8 Å². The van der Waals surface area contributed by atoms with E-state index in [0.29, 0.717) is 18.4 Å². The molecule has 2 aliphatic rings. The average Bonchev–Trinajstić information content (AvgIpc) is 2.63. The fraction of sp³-hybridized carbons (Fsp3) is 0.875. The number of hydrogen-bond acceptors (Lipinski definition) is 4. The summed E-state index contributed by atoms with van der Waals surface area (Å²) < 4.78 is 0. The van der Waals surface area contributed by atoms with E-state index >= 15 is 0 Å². The molecule has 0 aromatic carbocycles. The Kier molecular flexibility index (Phi) is 4.74. The second kappa shape index (κ2) is 5.92. The molecule has 1 unspecified atom stereocenters. The highest BCUT2D eigenvalue weighted by Gasteiger charge is 2.43. The largest absolute Gasteiger partial charge is 0.339 e. The third-order valence-corrected chi connectivity index (χ3v) is 5.41. The highest BCUT2D eigenvalue weighted by Crippen LogP contribution is 2.35. The van der Waals surface area contributed by atoms with Crippen molar-refractivity contribution in [3.05, 3.63) is 0 Å². The standard InChI is InChI=1S/C16H28N2O2S/c1-11(19)21-10-12-6-14(20)18(9-12)13-7-15(2,3)17-16(4,5)8-13/h12-13,17H,6-10H2,1-5H3.